The van der Waals surface area contributed by atoms with Crippen LogP contribution in [-0.2, 0) is 116 Å². The quantitative estimate of drug-likeness (QED) is 0.0345. The van der Waals surface area contributed by atoms with Gasteiger partial charge in [-0.15, -0.1) is 0 Å². The number of esters is 2. The summed E-state index contributed by atoms with van der Waals surface area (Å²) in [5.41, 5.74) is 5.27. The molecule has 9 rings (SSSR count). The summed E-state index contributed by atoms with van der Waals surface area (Å²) in [7, 11) is -0.404. The van der Waals surface area contributed by atoms with Crippen molar-refractivity contribution in [2.45, 2.75) is 171 Å². The number of hydrogen-bond acceptors (Lipinski definition) is 17. The Morgan fingerprint density at radius 1 is 0.453 bits per heavy atom. The van der Waals surface area contributed by atoms with E-state index >= 15 is 0 Å². The smallest absolute Gasteiger partial charge is 0.337 e. The molecule has 0 aliphatic carbocycles. The highest BCUT2D eigenvalue weighted by Crippen LogP contribution is 2.38. The molecule has 0 unspecified atom stereocenters. The first-order chi connectivity index (χ1) is 41.8. The van der Waals surface area contributed by atoms with Gasteiger partial charge in [-0.05, 0) is 46.3 Å². The first-order valence-corrected chi connectivity index (χ1v) is 33.2. The summed E-state index contributed by atoms with van der Waals surface area (Å²) in [6.07, 6.45) is -18.3. The second-order valence-electron chi connectivity index (χ2n) is 23.0. The zero-order valence-corrected chi connectivity index (χ0v) is 50.8. The van der Waals surface area contributed by atoms with E-state index < -0.39 is 112 Å². The van der Waals surface area contributed by atoms with Crippen molar-refractivity contribution < 1.29 is 81.0 Å². The van der Waals surface area contributed by atoms with Crippen LogP contribution in [0.2, 0.25) is 25.7 Å². The van der Waals surface area contributed by atoms with Gasteiger partial charge in [0.2, 0.25) is 0 Å². The van der Waals surface area contributed by atoms with Gasteiger partial charge in [-0.3, -0.25) is 4.79 Å². The Hall–Kier alpha value is -6.04. The van der Waals surface area contributed by atoms with Crippen molar-refractivity contribution in [1.29, 1.82) is 0 Å². The van der Waals surface area contributed by atoms with E-state index in [1.807, 2.05) is 189 Å². The molecule has 0 amide bonds. The maximum absolute atomic E-state index is 14.3. The van der Waals surface area contributed by atoms with Gasteiger partial charge in [0.25, 0.3) is 0 Å². The highest BCUT2D eigenvalue weighted by Gasteiger charge is 2.58. The van der Waals surface area contributed by atoms with Crippen LogP contribution in [0.3, 0.4) is 0 Å². The minimum atomic E-state index is -1.72. The van der Waals surface area contributed by atoms with Crippen molar-refractivity contribution in [1.82, 2.24) is 0 Å². The normalized spacial score (nSPS) is 27.7. The molecule has 6 aromatic rings. The zero-order valence-electron chi connectivity index (χ0n) is 49.8. The lowest BCUT2D eigenvalue weighted by Gasteiger charge is -2.50. The van der Waals surface area contributed by atoms with E-state index in [1.165, 1.54) is 14.0 Å². The largest absolute Gasteiger partial charge is 0.467 e. The fraction of sp³-hybridized carbons (Fsp3) is 0.441. The van der Waals surface area contributed by atoms with E-state index in [9.17, 15) is 14.7 Å². The standard InChI is InChI=1S/C68H82O17Si/c1-46-56(75-40-49-27-15-8-16-28-49)59(76-41-50-29-17-9-18-30-50)64(79-44-53-35-23-12-24-36-53)68(80-46)83-57-54(45-73-39-48-25-13-7-14-26-48)82-67(58(55(57)70)81-47(2)69)84-61-60(77-42-51-31-19-10-20-32-51)63(78-43-52-33-21-11-22-34-52)66(74-37-38-86(4,5)6)85-62(61)65(71)72-3/h7-36,46,54-64,66-68,70H,37-45H2,1-6H3/t46-,54+,55-,56+,57+,58-,59+,60-,61-,62-,63+,64-,66+,67+,68-/m0/s1. The predicted molar refractivity (Wildman–Crippen MR) is 320 cm³/mol. The SMILES string of the molecule is COC(=O)[C@H]1O[C@@H](OCC[Si](C)(C)C)[C@H](OCc2ccccc2)[C@@H](OCc2ccccc2)[C@@H]1O[C@H]1O[C@H](COCc2ccccc2)[C@@H](O[C@@H]2O[C@@H](C)[C@@H](OCc3ccccc3)[C@@H](OCc3ccccc3)[C@@H]2OCc2ccccc2)[C@H](O)[C@@H]1OC(C)=O. The first kappa shape index (κ1) is 64.4. The Morgan fingerprint density at radius 3 is 1.27 bits per heavy atom. The van der Waals surface area contributed by atoms with Gasteiger partial charge in [0, 0.05) is 21.6 Å². The second-order valence-corrected chi connectivity index (χ2v) is 28.6. The molecule has 0 bridgehead atoms. The third-order valence-corrected chi connectivity index (χ3v) is 16.8. The summed E-state index contributed by atoms with van der Waals surface area (Å²) in [5.74, 6) is -1.59. The fourth-order valence-corrected chi connectivity index (χ4v) is 11.3. The minimum absolute atomic E-state index is 0.0427. The molecule has 86 heavy (non-hydrogen) atoms. The molecule has 6 aromatic carbocycles. The fourth-order valence-electron chi connectivity index (χ4n) is 10.6. The topological polar surface area (TPSA) is 184 Å². The van der Waals surface area contributed by atoms with Gasteiger partial charge >= 0.3 is 11.9 Å². The average Bonchev–Trinajstić information content (AvgIpc) is 1.10. The van der Waals surface area contributed by atoms with Gasteiger partial charge in [0.1, 0.15) is 54.9 Å². The summed E-state index contributed by atoms with van der Waals surface area (Å²) in [4.78, 5) is 27.7. The highest BCUT2D eigenvalue weighted by molar-refractivity contribution is 6.76. The number of ether oxygens (including phenoxy) is 14. The summed E-state index contributed by atoms with van der Waals surface area (Å²) in [6, 6.07) is 58.7. The van der Waals surface area contributed by atoms with E-state index in [0.29, 0.717) is 6.61 Å². The molecule has 17 nitrogen and oxygen atoms in total. The molecule has 3 heterocycles. The van der Waals surface area contributed by atoms with Gasteiger partial charge in [-0.25, -0.2) is 4.79 Å². The molecule has 0 spiro atoms. The van der Waals surface area contributed by atoms with Crippen molar-refractivity contribution >= 4 is 20.0 Å². The number of carbonyl (C=O) groups excluding carboxylic acids is 2. The number of carbonyl (C=O) groups is 2. The summed E-state index contributed by atoms with van der Waals surface area (Å²) >= 11 is 0. The third-order valence-electron chi connectivity index (χ3n) is 15.1. The number of aliphatic hydroxyl groups excluding tert-OH is 1. The molecular weight excluding hydrogens is 1120 g/mol. The monoisotopic (exact) mass is 1200 g/mol. The Morgan fingerprint density at radius 2 is 0.837 bits per heavy atom. The lowest BCUT2D eigenvalue weighted by atomic mass is 9.95. The maximum atomic E-state index is 14.3. The number of aliphatic hydroxyl groups is 1. The Bertz CT molecular complexity index is 2910. The first-order valence-electron chi connectivity index (χ1n) is 29.5. The lowest BCUT2D eigenvalue weighted by Crippen LogP contribution is -2.68. The van der Waals surface area contributed by atoms with Gasteiger partial charge in [-0.2, -0.15) is 0 Å². The molecule has 460 valence electrons. The molecule has 3 saturated heterocycles. The van der Waals surface area contributed by atoms with Crippen molar-refractivity contribution in [3.8, 4) is 0 Å². The molecule has 15 atom stereocenters. The molecule has 18 heteroatoms. The van der Waals surface area contributed by atoms with Crippen molar-refractivity contribution in [3.05, 3.63) is 215 Å². The Balaban J connectivity index is 1.08. The van der Waals surface area contributed by atoms with Crippen LogP contribution in [0.4, 0.5) is 0 Å². The van der Waals surface area contributed by atoms with Crippen LogP contribution in [0.5, 0.6) is 0 Å². The number of hydrogen-bond donors (Lipinski definition) is 1. The Labute approximate surface area is 505 Å². The maximum Gasteiger partial charge on any atom is 0.337 e. The molecule has 0 aromatic heterocycles. The number of benzene rings is 6. The Kier molecular flexibility index (Phi) is 24.2. The van der Waals surface area contributed by atoms with Gasteiger partial charge in [-0.1, -0.05) is 202 Å². The van der Waals surface area contributed by atoms with Gasteiger partial charge < -0.3 is 71.4 Å². The average molecular weight is 1200 g/mol. The van der Waals surface area contributed by atoms with Crippen LogP contribution in [0, 0.1) is 0 Å². The minimum Gasteiger partial charge on any atom is -0.467 e. The van der Waals surface area contributed by atoms with E-state index in [2.05, 4.69) is 19.6 Å². The summed E-state index contributed by atoms with van der Waals surface area (Å²) in [6.45, 7) is 10.8. The third kappa shape index (κ3) is 18.5. The predicted octanol–water partition coefficient (Wildman–Crippen LogP) is 9.92. The van der Waals surface area contributed by atoms with Crippen molar-refractivity contribution in [2.75, 3.05) is 20.3 Å². The molecule has 3 aliphatic heterocycles. The molecule has 1 N–H and O–H groups in total. The molecule has 0 saturated carbocycles. The summed E-state index contributed by atoms with van der Waals surface area (Å²) < 4.78 is 93.2. The molecule has 3 fully saturated rings. The molecule has 0 radical (unpaired) electrons. The lowest BCUT2D eigenvalue weighted by molar-refractivity contribution is -0.384. The summed E-state index contributed by atoms with van der Waals surface area (Å²) in [5, 5.41) is 13.1. The van der Waals surface area contributed by atoms with Crippen LogP contribution >= 0.6 is 0 Å². The number of rotatable bonds is 29. The van der Waals surface area contributed by atoms with E-state index in [0.717, 1.165) is 39.4 Å². The molecular formula is C68H82O17Si. The van der Waals surface area contributed by atoms with Crippen molar-refractivity contribution in [3.63, 3.8) is 0 Å². The van der Waals surface area contributed by atoms with Crippen LogP contribution in [0.1, 0.15) is 47.2 Å². The zero-order chi connectivity index (χ0) is 60.3. The van der Waals surface area contributed by atoms with Gasteiger partial charge in [0.05, 0.1) is 59.5 Å². The second kappa shape index (κ2) is 32.3. The van der Waals surface area contributed by atoms with Crippen LogP contribution in [0.15, 0.2) is 182 Å². The van der Waals surface area contributed by atoms with Crippen LogP contribution in [-0.4, -0.2) is 138 Å². The van der Waals surface area contributed by atoms with Gasteiger partial charge in [0.15, 0.2) is 31.1 Å². The van der Waals surface area contributed by atoms with Crippen molar-refractivity contribution in [2.24, 2.45) is 0 Å². The van der Waals surface area contributed by atoms with Crippen LogP contribution < -0.4 is 0 Å². The highest BCUT2D eigenvalue weighted by atomic mass is 28.3. The number of methoxy groups -OCH3 is 1. The van der Waals surface area contributed by atoms with E-state index in [-0.39, 0.29) is 46.2 Å². The van der Waals surface area contributed by atoms with E-state index in [4.69, 9.17) is 66.3 Å². The van der Waals surface area contributed by atoms with Crippen LogP contribution in [0.25, 0.3) is 0 Å². The van der Waals surface area contributed by atoms with E-state index in [1.54, 1.807) is 0 Å². The molecule has 3 aliphatic rings.